The van der Waals surface area contributed by atoms with Gasteiger partial charge in [-0.1, -0.05) is 0 Å². The number of ether oxygens (including phenoxy) is 2. The van der Waals surface area contributed by atoms with Crippen molar-refractivity contribution in [2.24, 2.45) is 0 Å². The molecule has 0 amide bonds. The summed E-state index contributed by atoms with van der Waals surface area (Å²) >= 11 is 0. The molecular weight excluding hydrogens is 236 g/mol. The zero-order valence-electron chi connectivity index (χ0n) is 11.5. The topological polar surface area (TPSA) is 40.2 Å². The van der Waals surface area contributed by atoms with Crippen molar-refractivity contribution >= 4 is 8.56 Å². The van der Waals surface area contributed by atoms with Crippen LogP contribution in [0.2, 0.25) is 12.6 Å². The Labute approximate surface area is 106 Å². The molecule has 0 aromatic rings. The Morgan fingerprint density at radius 1 is 1.29 bits per heavy atom. The first-order valence-electron chi connectivity index (χ1n) is 6.60. The van der Waals surface area contributed by atoms with Crippen LogP contribution in [-0.2, 0) is 18.3 Å². The van der Waals surface area contributed by atoms with Crippen LogP contribution in [0.4, 0.5) is 0 Å². The molecule has 1 rings (SSSR count). The van der Waals surface area contributed by atoms with Gasteiger partial charge in [0.1, 0.15) is 6.10 Å². The maximum atomic E-state index is 5.79. The molecule has 0 aromatic carbocycles. The molecule has 1 fully saturated rings. The quantitative estimate of drug-likeness (QED) is 0.447. The smallest absolute Gasteiger partial charge is 0.335 e. The number of epoxide rings is 1. The van der Waals surface area contributed by atoms with E-state index in [9.17, 15) is 0 Å². The highest BCUT2D eigenvalue weighted by Crippen LogP contribution is 2.19. The van der Waals surface area contributed by atoms with Gasteiger partial charge in [-0.05, 0) is 39.8 Å². The third kappa shape index (κ3) is 6.52. The highest BCUT2D eigenvalue weighted by Gasteiger charge is 2.31. The number of hydrogen-bond donors (Lipinski definition) is 0. The summed E-state index contributed by atoms with van der Waals surface area (Å²) in [5.74, 6) is 0. The first-order chi connectivity index (χ1) is 8.09. The van der Waals surface area contributed by atoms with Crippen LogP contribution in [0, 0.1) is 0 Å². The van der Waals surface area contributed by atoms with Crippen molar-refractivity contribution in [1.29, 1.82) is 0 Å². The van der Waals surface area contributed by atoms with Crippen LogP contribution >= 0.6 is 0 Å². The molecule has 1 heterocycles. The third-order valence-electron chi connectivity index (χ3n) is 2.87. The van der Waals surface area contributed by atoms with Gasteiger partial charge in [0.25, 0.3) is 0 Å². The average molecular weight is 262 g/mol. The lowest BCUT2D eigenvalue weighted by molar-refractivity contribution is 0.0498. The second-order valence-electron chi connectivity index (χ2n) is 4.64. The number of rotatable bonds is 10. The standard InChI is InChI=1S/C12H26O4Si/c1-5-15-17(4,16-6-2)8-7-11(3)13-9-12-10-14-12/h11-12H,5-10H2,1-4H3. The van der Waals surface area contributed by atoms with Crippen molar-refractivity contribution < 1.29 is 18.3 Å². The van der Waals surface area contributed by atoms with Crippen molar-refractivity contribution in [2.45, 2.75) is 52.0 Å². The van der Waals surface area contributed by atoms with E-state index in [1.165, 1.54) is 0 Å². The summed E-state index contributed by atoms with van der Waals surface area (Å²) in [7, 11) is -1.96. The van der Waals surface area contributed by atoms with E-state index in [0.717, 1.165) is 38.9 Å². The first kappa shape index (κ1) is 15.1. The van der Waals surface area contributed by atoms with E-state index < -0.39 is 8.56 Å². The minimum Gasteiger partial charge on any atom is -0.395 e. The van der Waals surface area contributed by atoms with Gasteiger partial charge in [0, 0.05) is 13.2 Å². The Bertz CT molecular complexity index is 203. The van der Waals surface area contributed by atoms with E-state index >= 15 is 0 Å². The summed E-state index contributed by atoms with van der Waals surface area (Å²) in [4.78, 5) is 0. The molecule has 0 spiro atoms. The molecular formula is C12H26O4Si. The summed E-state index contributed by atoms with van der Waals surface area (Å²) in [6, 6.07) is 0.987. The van der Waals surface area contributed by atoms with Gasteiger partial charge in [-0.15, -0.1) is 0 Å². The SMILES string of the molecule is CCO[Si](C)(CCC(C)OCC1CO1)OCC. The summed E-state index contributed by atoms with van der Waals surface area (Å²) < 4.78 is 22.4. The summed E-state index contributed by atoms with van der Waals surface area (Å²) in [6.07, 6.45) is 1.60. The van der Waals surface area contributed by atoms with Crippen LogP contribution < -0.4 is 0 Å². The van der Waals surface area contributed by atoms with Crippen LogP contribution in [0.5, 0.6) is 0 Å². The molecule has 102 valence electrons. The fourth-order valence-corrected chi connectivity index (χ4v) is 4.31. The molecule has 2 unspecified atom stereocenters. The van der Waals surface area contributed by atoms with E-state index in [2.05, 4.69) is 13.5 Å². The Morgan fingerprint density at radius 3 is 2.35 bits per heavy atom. The minimum absolute atomic E-state index is 0.256. The molecule has 0 radical (unpaired) electrons. The van der Waals surface area contributed by atoms with Crippen LogP contribution in [0.25, 0.3) is 0 Å². The van der Waals surface area contributed by atoms with Crippen molar-refractivity contribution in [3.8, 4) is 0 Å². The lowest BCUT2D eigenvalue weighted by Gasteiger charge is -2.27. The van der Waals surface area contributed by atoms with E-state index in [1.54, 1.807) is 0 Å². The van der Waals surface area contributed by atoms with E-state index in [-0.39, 0.29) is 6.10 Å². The summed E-state index contributed by atoms with van der Waals surface area (Å²) in [6.45, 7) is 11.3. The number of hydrogen-bond acceptors (Lipinski definition) is 4. The molecule has 17 heavy (non-hydrogen) atoms. The Morgan fingerprint density at radius 2 is 1.88 bits per heavy atom. The fraction of sp³-hybridized carbons (Fsp3) is 1.00. The van der Waals surface area contributed by atoms with Crippen LogP contribution in [0.3, 0.4) is 0 Å². The van der Waals surface area contributed by atoms with Gasteiger partial charge in [-0.3, -0.25) is 0 Å². The minimum atomic E-state index is -1.96. The molecule has 2 atom stereocenters. The van der Waals surface area contributed by atoms with Gasteiger partial charge in [-0.25, -0.2) is 0 Å². The summed E-state index contributed by atoms with van der Waals surface area (Å²) in [5.41, 5.74) is 0. The van der Waals surface area contributed by atoms with Crippen LogP contribution in [0.15, 0.2) is 0 Å². The Hall–Kier alpha value is 0.0569. The summed E-state index contributed by atoms with van der Waals surface area (Å²) in [5, 5.41) is 0. The van der Waals surface area contributed by atoms with E-state index in [4.69, 9.17) is 18.3 Å². The molecule has 4 nitrogen and oxygen atoms in total. The highest BCUT2D eigenvalue weighted by molar-refractivity contribution is 6.66. The van der Waals surface area contributed by atoms with Crippen molar-refractivity contribution in [2.75, 3.05) is 26.4 Å². The second kappa shape index (κ2) is 7.48. The predicted octanol–water partition coefficient (Wildman–Crippen LogP) is 2.33. The molecule has 1 saturated heterocycles. The van der Waals surface area contributed by atoms with Crippen molar-refractivity contribution in [3.63, 3.8) is 0 Å². The van der Waals surface area contributed by atoms with Gasteiger partial charge in [-0.2, -0.15) is 0 Å². The monoisotopic (exact) mass is 262 g/mol. The molecule has 1 aliphatic heterocycles. The van der Waals surface area contributed by atoms with Gasteiger partial charge >= 0.3 is 8.56 Å². The highest BCUT2D eigenvalue weighted by atomic mass is 28.4. The van der Waals surface area contributed by atoms with Crippen LogP contribution in [-0.4, -0.2) is 47.2 Å². The molecule has 0 N–H and O–H groups in total. The molecule has 0 aromatic heterocycles. The fourth-order valence-electron chi connectivity index (χ4n) is 1.78. The maximum Gasteiger partial charge on any atom is 0.335 e. The zero-order chi connectivity index (χ0) is 12.7. The first-order valence-corrected chi connectivity index (χ1v) is 9.13. The lowest BCUT2D eigenvalue weighted by atomic mass is 10.3. The maximum absolute atomic E-state index is 5.79. The predicted molar refractivity (Wildman–Crippen MR) is 69.4 cm³/mol. The molecule has 0 aliphatic carbocycles. The molecule has 5 heteroatoms. The van der Waals surface area contributed by atoms with Crippen molar-refractivity contribution in [1.82, 2.24) is 0 Å². The van der Waals surface area contributed by atoms with Gasteiger partial charge < -0.3 is 18.3 Å². The largest absolute Gasteiger partial charge is 0.395 e. The Kier molecular flexibility index (Phi) is 6.65. The molecule has 1 aliphatic rings. The normalized spacial score (nSPS) is 21.5. The van der Waals surface area contributed by atoms with Crippen molar-refractivity contribution in [3.05, 3.63) is 0 Å². The van der Waals surface area contributed by atoms with Gasteiger partial charge in [0.05, 0.1) is 19.3 Å². The van der Waals surface area contributed by atoms with Crippen LogP contribution in [0.1, 0.15) is 27.2 Å². The van der Waals surface area contributed by atoms with Gasteiger partial charge in [0.15, 0.2) is 0 Å². The van der Waals surface area contributed by atoms with Gasteiger partial charge in [0.2, 0.25) is 0 Å². The third-order valence-corrected chi connectivity index (χ3v) is 5.87. The Balaban J connectivity index is 2.18. The average Bonchev–Trinajstić information content (AvgIpc) is 3.08. The van der Waals surface area contributed by atoms with E-state index in [1.807, 2.05) is 13.8 Å². The second-order valence-corrected chi connectivity index (χ2v) is 7.98. The van der Waals surface area contributed by atoms with E-state index in [0.29, 0.717) is 6.10 Å². The molecule has 0 saturated carbocycles. The molecule has 0 bridgehead atoms. The lowest BCUT2D eigenvalue weighted by Crippen LogP contribution is -2.39. The zero-order valence-corrected chi connectivity index (χ0v) is 12.5.